The van der Waals surface area contributed by atoms with E-state index in [0.29, 0.717) is 0 Å². The Morgan fingerprint density at radius 1 is 0.923 bits per heavy atom. The van der Waals surface area contributed by atoms with Crippen molar-refractivity contribution in [2.45, 2.75) is 58.8 Å². The Labute approximate surface area is 83.1 Å². The van der Waals surface area contributed by atoms with Crippen LogP contribution in [0.4, 0.5) is 0 Å². The summed E-state index contributed by atoms with van der Waals surface area (Å²) in [5.41, 5.74) is 0. The summed E-state index contributed by atoms with van der Waals surface area (Å²) in [6, 6.07) is 0. The second-order valence-electron chi connectivity index (χ2n) is 5.68. The minimum absolute atomic E-state index is 0.922. The van der Waals surface area contributed by atoms with Gasteiger partial charge in [0.2, 0.25) is 0 Å². The van der Waals surface area contributed by atoms with Gasteiger partial charge in [-0.25, -0.2) is 0 Å². The van der Waals surface area contributed by atoms with Gasteiger partial charge in [-0.05, 0) is 30.1 Å². The summed E-state index contributed by atoms with van der Waals surface area (Å²) in [5, 5.41) is 0. The van der Waals surface area contributed by atoms with Gasteiger partial charge in [0.15, 0.2) is 0 Å². The predicted octanol–water partition coefficient (Wildman–Crippen LogP) is 4.25. The molecular formula is C13H24. The molecule has 2 saturated carbocycles. The van der Waals surface area contributed by atoms with E-state index < -0.39 is 0 Å². The lowest BCUT2D eigenvalue weighted by Crippen LogP contribution is -2.33. The summed E-state index contributed by atoms with van der Waals surface area (Å²) >= 11 is 0. The van der Waals surface area contributed by atoms with E-state index in [9.17, 15) is 0 Å². The summed E-state index contributed by atoms with van der Waals surface area (Å²) < 4.78 is 0. The van der Waals surface area contributed by atoms with Gasteiger partial charge >= 0.3 is 0 Å². The predicted molar refractivity (Wildman–Crippen MR) is 57.6 cm³/mol. The van der Waals surface area contributed by atoms with Crippen molar-refractivity contribution in [3.8, 4) is 0 Å². The van der Waals surface area contributed by atoms with Gasteiger partial charge in [-0.1, -0.05) is 52.4 Å². The van der Waals surface area contributed by atoms with Crippen molar-refractivity contribution in [3.05, 3.63) is 0 Å². The molecule has 0 nitrogen and oxygen atoms in total. The Kier molecular flexibility index (Phi) is 2.96. The zero-order chi connectivity index (χ0) is 9.26. The van der Waals surface area contributed by atoms with Crippen molar-refractivity contribution >= 4 is 0 Å². The normalized spacial score (nSPS) is 39.5. The number of fused-ring (bicyclic) bond motifs is 2. The average molecular weight is 180 g/mol. The first-order valence-corrected chi connectivity index (χ1v) is 6.27. The van der Waals surface area contributed by atoms with Crippen LogP contribution in [0.3, 0.4) is 0 Å². The molecule has 0 aromatic carbocycles. The maximum atomic E-state index is 2.39. The van der Waals surface area contributed by atoms with E-state index in [4.69, 9.17) is 0 Å². The molecule has 0 saturated heterocycles. The molecule has 0 spiro atoms. The van der Waals surface area contributed by atoms with E-state index in [0.717, 1.165) is 23.7 Å². The molecule has 76 valence electrons. The van der Waals surface area contributed by atoms with Gasteiger partial charge in [-0.3, -0.25) is 0 Å². The van der Waals surface area contributed by atoms with Crippen LogP contribution in [0.1, 0.15) is 58.8 Å². The monoisotopic (exact) mass is 180 g/mol. The maximum Gasteiger partial charge on any atom is -0.0355 e. The first-order chi connectivity index (χ1) is 6.27. The van der Waals surface area contributed by atoms with Gasteiger partial charge in [0.1, 0.15) is 0 Å². The summed E-state index contributed by atoms with van der Waals surface area (Å²) in [6.45, 7) is 4.79. The van der Waals surface area contributed by atoms with Crippen LogP contribution in [0, 0.1) is 23.7 Å². The highest BCUT2D eigenvalue weighted by Crippen LogP contribution is 2.46. The molecule has 0 atom stereocenters. The molecule has 0 aromatic rings. The van der Waals surface area contributed by atoms with Gasteiger partial charge in [0.25, 0.3) is 0 Å². The molecular weight excluding hydrogens is 156 g/mol. The van der Waals surface area contributed by atoms with Crippen LogP contribution in [-0.2, 0) is 0 Å². The summed E-state index contributed by atoms with van der Waals surface area (Å²) in [5.74, 6) is 4.28. The van der Waals surface area contributed by atoms with Gasteiger partial charge in [-0.2, -0.15) is 0 Å². The SMILES string of the molecule is CC(C)CC1C2CCCC1CCC2. The largest absolute Gasteiger partial charge is 0.0628 e. The highest BCUT2D eigenvalue weighted by atomic mass is 14.4. The molecule has 0 unspecified atom stereocenters. The minimum atomic E-state index is 0.922. The standard InChI is InChI=1S/C13H24/c1-10(2)9-13-11-5-3-6-12(13)8-4-7-11/h10-13H,3-9H2,1-2H3. The summed E-state index contributed by atoms with van der Waals surface area (Å²) in [6.07, 6.45) is 10.8. The topological polar surface area (TPSA) is 0 Å². The number of rotatable bonds is 2. The Morgan fingerprint density at radius 2 is 1.38 bits per heavy atom. The Morgan fingerprint density at radius 3 is 1.77 bits per heavy atom. The smallest absolute Gasteiger partial charge is 0.0355 e. The fourth-order valence-electron chi connectivity index (χ4n) is 3.74. The van der Waals surface area contributed by atoms with E-state index in [2.05, 4.69) is 13.8 Å². The van der Waals surface area contributed by atoms with Gasteiger partial charge in [-0.15, -0.1) is 0 Å². The Balaban J connectivity index is 1.98. The molecule has 2 aliphatic rings. The molecule has 13 heavy (non-hydrogen) atoms. The number of hydrogen-bond acceptors (Lipinski definition) is 0. The van der Waals surface area contributed by atoms with Crippen LogP contribution < -0.4 is 0 Å². The third-order valence-electron chi connectivity index (χ3n) is 4.25. The van der Waals surface area contributed by atoms with Crippen LogP contribution in [-0.4, -0.2) is 0 Å². The number of hydrogen-bond donors (Lipinski definition) is 0. The molecule has 0 heterocycles. The van der Waals surface area contributed by atoms with E-state index in [1.54, 1.807) is 25.7 Å². The van der Waals surface area contributed by atoms with E-state index in [1.165, 1.54) is 19.3 Å². The fourth-order valence-corrected chi connectivity index (χ4v) is 3.74. The van der Waals surface area contributed by atoms with Gasteiger partial charge in [0.05, 0.1) is 0 Å². The maximum absolute atomic E-state index is 2.39. The van der Waals surface area contributed by atoms with Gasteiger partial charge in [0, 0.05) is 0 Å². The van der Waals surface area contributed by atoms with Crippen LogP contribution in [0.15, 0.2) is 0 Å². The molecule has 2 rings (SSSR count). The summed E-state index contributed by atoms with van der Waals surface area (Å²) in [7, 11) is 0. The van der Waals surface area contributed by atoms with Crippen molar-refractivity contribution in [2.24, 2.45) is 23.7 Å². The molecule has 0 aliphatic heterocycles. The Hall–Kier alpha value is 0. The first kappa shape index (κ1) is 9.55. The molecule has 2 aliphatic carbocycles. The molecule has 0 heteroatoms. The third kappa shape index (κ3) is 2.08. The van der Waals surface area contributed by atoms with Crippen molar-refractivity contribution < 1.29 is 0 Å². The molecule has 2 fully saturated rings. The molecule has 0 aromatic heterocycles. The lowest BCUT2D eigenvalue weighted by Gasteiger charge is -2.43. The van der Waals surface area contributed by atoms with Crippen molar-refractivity contribution in [3.63, 3.8) is 0 Å². The first-order valence-electron chi connectivity index (χ1n) is 6.27. The minimum Gasteiger partial charge on any atom is -0.0628 e. The van der Waals surface area contributed by atoms with E-state index >= 15 is 0 Å². The highest BCUT2D eigenvalue weighted by Gasteiger charge is 2.35. The highest BCUT2D eigenvalue weighted by molar-refractivity contribution is 4.86. The quantitative estimate of drug-likeness (QED) is 0.596. The molecule has 0 amide bonds. The lowest BCUT2D eigenvalue weighted by molar-refractivity contribution is 0.0754. The van der Waals surface area contributed by atoms with Crippen LogP contribution in [0.2, 0.25) is 0 Å². The fraction of sp³-hybridized carbons (Fsp3) is 1.00. The zero-order valence-electron chi connectivity index (χ0n) is 9.26. The lowest BCUT2D eigenvalue weighted by atomic mass is 9.62. The van der Waals surface area contributed by atoms with Crippen molar-refractivity contribution in [1.82, 2.24) is 0 Å². The summed E-state index contributed by atoms with van der Waals surface area (Å²) in [4.78, 5) is 0. The van der Waals surface area contributed by atoms with Crippen molar-refractivity contribution in [2.75, 3.05) is 0 Å². The molecule has 2 bridgehead atoms. The van der Waals surface area contributed by atoms with Crippen molar-refractivity contribution in [1.29, 1.82) is 0 Å². The van der Waals surface area contributed by atoms with Crippen LogP contribution >= 0.6 is 0 Å². The third-order valence-corrected chi connectivity index (χ3v) is 4.25. The van der Waals surface area contributed by atoms with E-state index in [1.807, 2.05) is 0 Å². The average Bonchev–Trinajstić information content (AvgIpc) is 2.02. The Bertz CT molecular complexity index is 137. The van der Waals surface area contributed by atoms with Gasteiger partial charge < -0.3 is 0 Å². The second kappa shape index (κ2) is 4.02. The van der Waals surface area contributed by atoms with Crippen LogP contribution in [0.5, 0.6) is 0 Å². The second-order valence-corrected chi connectivity index (χ2v) is 5.68. The van der Waals surface area contributed by atoms with E-state index in [-0.39, 0.29) is 0 Å². The van der Waals surface area contributed by atoms with Crippen LogP contribution in [0.25, 0.3) is 0 Å². The molecule has 0 radical (unpaired) electrons. The molecule has 0 N–H and O–H groups in total. The zero-order valence-corrected chi connectivity index (χ0v) is 9.26.